The van der Waals surface area contributed by atoms with Gasteiger partial charge in [0.05, 0.1) is 0 Å². The third-order valence-electron chi connectivity index (χ3n) is 1.92. The molecule has 0 bridgehead atoms. The summed E-state index contributed by atoms with van der Waals surface area (Å²) in [6.07, 6.45) is 2.28. The Bertz CT molecular complexity index is 72.4. The second-order valence-electron chi connectivity index (χ2n) is 4.57. The molecule has 0 aliphatic carbocycles. The Morgan fingerprint density at radius 1 is 1.00 bits per heavy atom. The third kappa shape index (κ3) is 29.2. The van der Waals surface area contributed by atoms with E-state index in [1.54, 1.807) is 0 Å². The molecular weight excluding hydrogens is 178 g/mol. The Morgan fingerprint density at radius 2 is 1.29 bits per heavy atom. The van der Waals surface area contributed by atoms with Crippen LogP contribution in [0.2, 0.25) is 10.6 Å². The topological polar surface area (TPSA) is 0 Å². The maximum atomic E-state index is 3.60. The summed E-state index contributed by atoms with van der Waals surface area (Å²) >= 11 is 0.316. The fraction of sp³-hybridized carbons (Fsp3) is 0.917. The number of rotatable bonds is 5. The molecule has 0 fully saturated rings. The van der Waals surface area contributed by atoms with Gasteiger partial charge in [0.1, 0.15) is 0 Å². The summed E-state index contributed by atoms with van der Waals surface area (Å²) in [7, 11) is 0. The van der Waals surface area contributed by atoms with Crippen molar-refractivity contribution >= 4 is 15.2 Å². The first-order chi connectivity index (χ1) is 6.04. The van der Waals surface area contributed by atoms with Gasteiger partial charge in [-0.25, -0.2) is 0 Å². The van der Waals surface area contributed by atoms with E-state index >= 15 is 0 Å². The molecule has 0 aromatic heterocycles. The summed E-state index contributed by atoms with van der Waals surface area (Å²) in [5.74, 6) is 1.91. The van der Waals surface area contributed by atoms with E-state index < -0.39 is 0 Å². The zero-order valence-electron chi connectivity index (χ0n) is 11.4. The third-order valence-corrected chi connectivity index (χ3v) is 5.04. The van der Waals surface area contributed by atoms with Crippen molar-refractivity contribution in [1.29, 1.82) is 0 Å². The molecule has 0 spiro atoms. The van der Waals surface area contributed by atoms with Crippen LogP contribution >= 0.6 is 0 Å². The van der Waals surface area contributed by atoms with Crippen LogP contribution in [0.25, 0.3) is 0 Å². The standard InChI is InChI=1S/3C4H9.Al.Li.H/c2*1-4(2)3;1-3-4-2;;;/h2*4H,1H2,2-3H3;1,3-4H2,2H3;;;/q;;-1;;+1;. The van der Waals surface area contributed by atoms with Crippen molar-refractivity contribution in [3.63, 3.8) is 0 Å². The summed E-state index contributed by atoms with van der Waals surface area (Å²) in [6, 6.07) is 0. The molecule has 2 heteroatoms. The van der Waals surface area contributed by atoms with Gasteiger partial charge in [0, 0.05) is 0 Å². The molecule has 0 radical (unpaired) electrons. The quantitative estimate of drug-likeness (QED) is 0.468. The fourth-order valence-corrected chi connectivity index (χ4v) is 2.80. The average Bonchev–Trinajstić information content (AvgIpc) is 2.03. The van der Waals surface area contributed by atoms with Crippen LogP contribution in [-0.2, 0) is 0 Å². The molecule has 0 atom stereocenters. The number of hydrogen-bond acceptors (Lipinski definition) is 0. The number of hydrogen-bond donors (Lipinski definition) is 0. The minimum atomic E-state index is 0. The molecule has 0 amide bonds. The minimum absolute atomic E-state index is 0. The van der Waals surface area contributed by atoms with Crippen LogP contribution in [0, 0.1) is 18.8 Å². The van der Waals surface area contributed by atoms with Crippen molar-refractivity contribution in [3.8, 4) is 0 Å². The molecule has 0 N–H and O–H groups in total. The fourth-order valence-electron chi connectivity index (χ4n) is 0.934. The molecule has 0 rings (SSSR count). The van der Waals surface area contributed by atoms with E-state index in [0.29, 0.717) is 15.2 Å². The molecule has 0 saturated carbocycles. The van der Waals surface area contributed by atoms with Gasteiger partial charge in [-0.3, -0.25) is 0 Å². The Kier molecular flexibility index (Phi) is 24.3. The molecule has 0 heterocycles. The van der Waals surface area contributed by atoms with Gasteiger partial charge in [-0.1, -0.05) is 63.4 Å². The molecule has 80 valence electrons. The largest absolute Gasteiger partial charge is 1.00 e. The van der Waals surface area contributed by atoms with Gasteiger partial charge >= 0.3 is 18.9 Å². The van der Waals surface area contributed by atoms with E-state index in [4.69, 9.17) is 0 Å². The van der Waals surface area contributed by atoms with Crippen LogP contribution in [0.3, 0.4) is 0 Å². The van der Waals surface area contributed by atoms with E-state index in [1.807, 2.05) is 0 Å². The molecule has 0 aromatic rings. The summed E-state index contributed by atoms with van der Waals surface area (Å²) < 4.78 is 0. The normalized spacial score (nSPS) is 9.14. The minimum Gasteiger partial charge on any atom is -0.343 e. The van der Waals surface area contributed by atoms with Gasteiger partial charge in [-0.2, -0.15) is 6.42 Å². The van der Waals surface area contributed by atoms with Crippen LogP contribution in [0.15, 0.2) is 0 Å². The maximum absolute atomic E-state index is 3.60. The molecule has 0 saturated heterocycles. The Morgan fingerprint density at radius 3 is 1.43 bits per heavy atom. The van der Waals surface area contributed by atoms with E-state index in [-0.39, 0.29) is 18.9 Å². The second-order valence-corrected chi connectivity index (χ2v) is 6.43. The van der Waals surface area contributed by atoms with Crippen LogP contribution in [-0.4, -0.2) is 15.2 Å². The molecule has 14 heavy (non-hydrogen) atoms. The first-order valence-corrected chi connectivity index (χ1v) is 7.83. The zero-order valence-corrected chi connectivity index (χ0v) is 12.8. The SMILES string of the molecule is CC(C)[CH2][AlH][CH2]C(C)C.[CH2-]CCC.[Li+]. The monoisotopic (exact) mass is 206 g/mol. The van der Waals surface area contributed by atoms with Crippen molar-refractivity contribution in [1.82, 2.24) is 0 Å². The van der Waals surface area contributed by atoms with Crippen molar-refractivity contribution in [2.24, 2.45) is 11.8 Å². The van der Waals surface area contributed by atoms with Crippen molar-refractivity contribution in [2.75, 3.05) is 0 Å². The second kappa shape index (κ2) is 16.6. The summed E-state index contributed by atoms with van der Waals surface area (Å²) in [5.41, 5.74) is 0. The first kappa shape index (κ1) is 20.5. The van der Waals surface area contributed by atoms with E-state index in [9.17, 15) is 0 Å². The predicted molar refractivity (Wildman–Crippen MR) is 66.7 cm³/mol. The van der Waals surface area contributed by atoms with Crippen LogP contribution in [0.1, 0.15) is 47.5 Å². The average molecular weight is 206 g/mol. The molecule has 0 unspecified atom stereocenters. The smallest absolute Gasteiger partial charge is 0.343 e. The Balaban J connectivity index is -0.000000209. The van der Waals surface area contributed by atoms with Crippen LogP contribution in [0.5, 0.6) is 0 Å². The Hall–Kier alpha value is 1.13. The molecular formula is C12H28AlLi. The van der Waals surface area contributed by atoms with Gasteiger partial charge in [-0.05, 0) is 0 Å². The van der Waals surface area contributed by atoms with Crippen molar-refractivity contribution in [3.05, 3.63) is 6.92 Å². The van der Waals surface area contributed by atoms with E-state index in [2.05, 4.69) is 41.5 Å². The van der Waals surface area contributed by atoms with Crippen LogP contribution < -0.4 is 18.9 Å². The summed E-state index contributed by atoms with van der Waals surface area (Å²) in [4.78, 5) is 0. The maximum Gasteiger partial charge on any atom is 1.00 e. The van der Waals surface area contributed by atoms with Crippen LogP contribution in [0.4, 0.5) is 0 Å². The predicted octanol–water partition coefficient (Wildman–Crippen LogP) is 1.20. The summed E-state index contributed by atoms with van der Waals surface area (Å²) in [5, 5.41) is 3.08. The molecule has 0 aliphatic rings. The zero-order chi connectivity index (χ0) is 10.7. The Labute approximate surface area is 111 Å². The van der Waals surface area contributed by atoms with Gasteiger partial charge in [-0.15, -0.1) is 0 Å². The first-order valence-electron chi connectivity index (χ1n) is 5.83. The summed E-state index contributed by atoms with van der Waals surface area (Å²) in [6.45, 7) is 15.0. The van der Waals surface area contributed by atoms with Gasteiger partial charge in [0.15, 0.2) is 0 Å². The van der Waals surface area contributed by atoms with Crippen molar-refractivity contribution < 1.29 is 18.9 Å². The van der Waals surface area contributed by atoms with Gasteiger partial charge in [0.25, 0.3) is 0 Å². The van der Waals surface area contributed by atoms with Gasteiger partial charge < -0.3 is 6.92 Å². The molecule has 0 nitrogen and oxygen atoms in total. The van der Waals surface area contributed by atoms with Crippen molar-refractivity contribution in [2.45, 2.75) is 58.0 Å². The molecule has 0 aromatic carbocycles. The van der Waals surface area contributed by atoms with Gasteiger partial charge in [0.2, 0.25) is 15.2 Å². The van der Waals surface area contributed by atoms with E-state index in [1.165, 1.54) is 17.0 Å². The molecule has 0 aliphatic heterocycles. The van der Waals surface area contributed by atoms with E-state index in [0.717, 1.165) is 18.3 Å². The number of unbranched alkanes of at least 4 members (excludes halogenated alkanes) is 1.